The van der Waals surface area contributed by atoms with Crippen LogP contribution in [0, 0.1) is 0 Å². The van der Waals surface area contributed by atoms with E-state index in [1.807, 2.05) is 12.1 Å². The van der Waals surface area contributed by atoms with E-state index in [4.69, 9.17) is 4.74 Å². The van der Waals surface area contributed by atoms with Gasteiger partial charge in [0.1, 0.15) is 0 Å². The second-order valence-electron chi connectivity index (χ2n) is 8.14. The minimum absolute atomic E-state index is 0.0598. The highest BCUT2D eigenvalue weighted by molar-refractivity contribution is 7.92. The highest BCUT2D eigenvalue weighted by atomic mass is 32.2. The molecule has 0 spiro atoms. The Hall–Kier alpha value is -2.42. The van der Waals surface area contributed by atoms with Crippen molar-refractivity contribution in [2.24, 2.45) is 0 Å². The van der Waals surface area contributed by atoms with Crippen LogP contribution in [0.15, 0.2) is 59.5 Å². The predicted octanol–water partition coefficient (Wildman–Crippen LogP) is 2.36. The molecule has 4 rings (SSSR count). The van der Waals surface area contributed by atoms with Crippen LogP contribution < -0.4 is 10.0 Å². The first-order valence-corrected chi connectivity index (χ1v) is 12.2. The molecule has 166 valence electrons. The van der Waals surface area contributed by atoms with Crippen LogP contribution in [0.3, 0.4) is 0 Å². The van der Waals surface area contributed by atoms with Gasteiger partial charge in [0.15, 0.2) is 0 Å². The molecule has 2 N–H and O–H groups in total. The van der Waals surface area contributed by atoms with Crippen LogP contribution in [0.25, 0.3) is 0 Å². The lowest BCUT2D eigenvalue weighted by Gasteiger charge is -2.41. The van der Waals surface area contributed by atoms with Crippen LogP contribution >= 0.6 is 0 Å². The summed E-state index contributed by atoms with van der Waals surface area (Å²) in [5.74, 6) is 0.0598. The van der Waals surface area contributed by atoms with Crippen LogP contribution in [0.5, 0.6) is 0 Å². The van der Waals surface area contributed by atoms with Gasteiger partial charge in [0.2, 0.25) is 5.91 Å². The van der Waals surface area contributed by atoms with E-state index < -0.39 is 15.4 Å². The summed E-state index contributed by atoms with van der Waals surface area (Å²) < 4.78 is 33.0. The minimum atomic E-state index is -3.64. The van der Waals surface area contributed by atoms with Crippen molar-refractivity contribution in [3.05, 3.63) is 60.2 Å². The van der Waals surface area contributed by atoms with Gasteiger partial charge in [0.05, 0.1) is 23.5 Å². The van der Waals surface area contributed by atoms with E-state index in [0.29, 0.717) is 12.2 Å². The Bertz CT molecular complexity index is 983. The zero-order valence-corrected chi connectivity index (χ0v) is 18.4. The van der Waals surface area contributed by atoms with E-state index >= 15 is 0 Å². The maximum atomic E-state index is 13.0. The minimum Gasteiger partial charge on any atom is -0.379 e. The normalized spacial score (nSPS) is 18.7. The Kier molecular flexibility index (Phi) is 6.60. The summed E-state index contributed by atoms with van der Waals surface area (Å²) in [6.45, 7) is 4.75. The Labute approximate surface area is 183 Å². The molecule has 2 aromatic rings. The van der Waals surface area contributed by atoms with Gasteiger partial charge in [-0.3, -0.25) is 14.4 Å². The second kappa shape index (κ2) is 9.38. The first kappa shape index (κ1) is 21.8. The first-order chi connectivity index (χ1) is 15.0. The van der Waals surface area contributed by atoms with Gasteiger partial charge >= 0.3 is 0 Å². The fourth-order valence-electron chi connectivity index (χ4n) is 4.17. The summed E-state index contributed by atoms with van der Waals surface area (Å²) in [5.41, 5.74) is 0.905. The number of nitrogens with one attached hydrogen (secondary N) is 2. The summed E-state index contributed by atoms with van der Waals surface area (Å²) in [6.07, 6.45) is 2.64. The lowest BCUT2D eigenvalue weighted by atomic mass is 9.64. The van der Waals surface area contributed by atoms with Crippen LogP contribution in [0.2, 0.25) is 0 Å². The molecule has 1 amide bonds. The highest BCUT2D eigenvalue weighted by Crippen LogP contribution is 2.44. The maximum absolute atomic E-state index is 13.0. The number of benzene rings is 2. The standard InChI is InChI=1S/C23H29N3O4S/c27-22(24-13-14-26-15-17-30-18-16-26)23(11-4-12-23)19-7-9-20(10-8-19)25-31(28,29)21-5-2-1-3-6-21/h1-3,5-10,25H,4,11-18H2,(H,24,27). The van der Waals surface area contributed by atoms with Crippen LogP contribution in [-0.2, 0) is 25.0 Å². The summed E-state index contributed by atoms with van der Waals surface area (Å²) >= 11 is 0. The van der Waals surface area contributed by atoms with Gasteiger partial charge in [-0.05, 0) is 42.7 Å². The molecule has 1 saturated carbocycles. The molecule has 1 aliphatic heterocycles. The van der Waals surface area contributed by atoms with Gasteiger partial charge in [0.25, 0.3) is 10.0 Å². The quantitative estimate of drug-likeness (QED) is 0.654. The molecule has 1 saturated heterocycles. The summed E-state index contributed by atoms with van der Waals surface area (Å²) in [4.78, 5) is 15.5. The molecule has 2 aromatic carbocycles. The highest BCUT2D eigenvalue weighted by Gasteiger charge is 2.45. The topological polar surface area (TPSA) is 87.7 Å². The molecule has 2 fully saturated rings. The van der Waals surface area contributed by atoms with Crippen molar-refractivity contribution in [1.82, 2.24) is 10.2 Å². The Morgan fingerprint density at radius 3 is 2.29 bits per heavy atom. The van der Waals surface area contributed by atoms with Crippen molar-refractivity contribution in [1.29, 1.82) is 0 Å². The number of hydrogen-bond donors (Lipinski definition) is 2. The number of rotatable bonds is 8. The number of nitrogens with zero attached hydrogens (tertiary/aromatic N) is 1. The Morgan fingerprint density at radius 2 is 1.68 bits per heavy atom. The van der Waals surface area contributed by atoms with Gasteiger partial charge in [-0.2, -0.15) is 0 Å². The molecular formula is C23H29N3O4S. The van der Waals surface area contributed by atoms with Crippen molar-refractivity contribution in [2.45, 2.75) is 29.6 Å². The monoisotopic (exact) mass is 443 g/mol. The fraction of sp³-hybridized carbons (Fsp3) is 0.435. The lowest BCUT2D eigenvalue weighted by molar-refractivity contribution is -0.130. The molecule has 0 bridgehead atoms. The number of carbonyl (C=O) groups is 1. The van der Waals surface area contributed by atoms with Crippen LogP contribution in [0.1, 0.15) is 24.8 Å². The molecule has 1 heterocycles. The third-order valence-corrected chi connectivity index (χ3v) is 7.60. The van der Waals surface area contributed by atoms with Gasteiger partial charge in [-0.15, -0.1) is 0 Å². The van der Waals surface area contributed by atoms with Crippen LogP contribution in [-0.4, -0.2) is 58.6 Å². The average molecular weight is 444 g/mol. The smallest absolute Gasteiger partial charge is 0.261 e. The number of carbonyl (C=O) groups excluding carboxylic acids is 1. The van der Waals surface area contributed by atoms with E-state index in [1.165, 1.54) is 0 Å². The molecule has 0 unspecified atom stereocenters. The first-order valence-electron chi connectivity index (χ1n) is 10.8. The number of sulfonamides is 1. The number of amides is 1. The summed E-state index contributed by atoms with van der Waals surface area (Å²) in [6, 6.07) is 15.5. The Morgan fingerprint density at radius 1 is 1.00 bits per heavy atom. The van der Waals surface area contributed by atoms with Gasteiger partial charge in [-0.25, -0.2) is 8.42 Å². The van der Waals surface area contributed by atoms with Gasteiger partial charge in [0, 0.05) is 31.9 Å². The molecule has 31 heavy (non-hydrogen) atoms. The third kappa shape index (κ3) is 4.92. The zero-order valence-electron chi connectivity index (χ0n) is 17.5. The SMILES string of the molecule is O=C(NCCN1CCOCC1)C1(c2ccc(NS(=O)(=O)c3ccccc3)cc2)CCC1. The van der Waals surface area contributed by atoms with Crippen molar-refractivity contribution < 1.29 is 17.9 Å². The molecule has 0 radical (unpaired) electrons. The number of ether oxygens (including phenoxy) is 1. The maximum Gasteiger partial charge on any atom is 0.261 e. The summed E-state index contributed by atoms with van der Waals surface area (Å²) in [7, 11) is -3.64. The molecule has 0 aromatic heterocycles. The molecule has 1 aliphatic carbocycles. The molecule has 0 atom stereocenters. The molecule has 8 heteroatoms. The van der Waals surface area contributed by atoms with Crippen molar-refractivity contribution >= 4 is 21.6 Å². The van der Waals surface area contributed by atoms with Crippen molar-refractivity contribution in [3.8, 4) is 0 Å². The van der Waals surface area contributed by atoms with E-state index in [2.05, 4.69) is 14.9 Å². The fourth-order valence-corrected chi connectivity index (χ4v) is 5.25. The van der Waals surface area contributed by atoms with E-state index in [-0.39, 0.29) is 10.8 Å². The number of hydrogen-bond acceptors (Lipinski definition) is 5. The van der Waals surface area contributed by atoms with Gasteiger partial charge in [-0.1, -0.05) is 36.8 Å². The van der Waals surface area contributed by atoms with E-state index in [1.54, 1.807) is 42.5 Å². The average Bonchev–Trinajstić information content (AvgIpc) is 2.75. The van der Waals surface area contributed by atoms with E-state index in [9.17, 15) is 13.2 Å². The van der Waals surface area contributed by atoms with Gasteiger partial charge < -0.3 is 10.1 Å². The van der Waals surface area contributed by atoms with E-state index in [0.717, 1.165) is 57.7 Å². The lowest BCUT2D eigenvalue weighted by Crippen LogP contribution is -2.51. The molecule has 7 nitrogen and oxygen atoms in total. The molecular weight excluding hydrogens is 414 g/mol. The largest absolute Gasteiger partial charge is 0.379 e. The zero-order chi connectivity index (χ0) is 21.7. The number of anilines is 1. The number of morpholine rings is 1. The molecule has 2 aliphatic rings. The van der Waals surface area contributed by atoms with Crippen molar-refractivity contribution in [2.75, 3.05) is 44.1 Å². The summed E-state index contributed by atoms with van der Waals surface area (Å²) in [5, 5.41) is 3.11. The van der Waals surface area contributed by atoms with Crippen molar-refractivity contribution in [3.63, 3.8) is 0 Å². The Balaban J connectivity index is 1.39. The van der Waals surface area contributed by atoms with Crippen LogP contribution in [0.4, 0.5) is 5.69 Å². The second-order valence-corrected chi connectivity index (χ2v) is 9.82. The third-order valence-electron chi connectivity index (χ3n) is 6.20. The predicted molar refractivity (Wildman–Crippen MR) is 119 cm³/mol.